The number of rotatable bonds is 1. The summed E-state index contributed by atoms with van der Waals surface area (Å²) in [4.78, 5) is 8.90. The third-order valence-corrected chi connectivity index (χ3v) is 2.29. The average Bonchev–Trinajstić information content (AvgIpc) is 2.30. The summed E-state index contributed by atoms with van der Waals surface area (Å²) in [5.74, 6) is 1.30. The number of para-hydroxylation sites is 1. The van der Waals surface area contributed by atoms with Gasteiger partial charge in [0, 0.05) is 5.39 Å². The molecule has 0 N–H and O–H groups in total. The third kappa shape index (κ3) is 2.57. The Morgan fingerprint density at radius 1 is 1.00 bits per heavy atom. The molecule has 2 aromatic rings. The third-order valence-electron chi connectivity index (χ3n) is 2.29. The van der Waals surface area contributed by atoms with Crippen LogP contribution in [0.5, 0.6) is 0 Å². The number of aryl methyl sites for hydroxylation is 1. The normalized spacial score (nSPS) is 10.1. The van der Waals surface area contributed by atoms with Crippen molar-refractivity contribution in [3.8, 4) is 0 Å². The van der Waals surface area contributed by atoms with E-state index in [0.29, 0.717) is 5.92 Å². The molecule has 2 rings (SSSR count). The molecule has 0 atom stereocenters. The number of aromatic nitrogens is 2. The maximum atomic E-state index is 4.49. The molecule has 1 aromatic heterocycles. The van der Waals surface area contributed by atoms with Crippen molar-refractivity contribution < 1.29 is 0 Å². The Bertz CT molecular complexity index is 461. The van der Waals surface area contributed by atoms with Crippen LogP contribution in [0.15, 0.2) is 24.3 Å². The minimum Gasteiger partial charge on any atom is -0.237 e. The van der Waals surface area contributed by atoms with E-state index < -0.39 is 0 Å². The van der Waals surface area contributed by atoms with Gasteiger partial charge in [-0.1, -0.05) is 45.9 Å². The van der Waals surface area contributed by atoms with E-state index in [2.05, 4.69) is 29.9 Å². The van der Waals surface area contributed by atoms with Gasteiger partial charge in [0.2, 0.25) is 0 Å². The Morgan fingerprint density at radius 3 is 2.25 bits per heavy atom. The van der Waals surface area contributed by atoms with Crippen molar-refractivity contribution in [2.24, 2.45) is 0 Å². The second-order valence-corrected chi connectivity index (χ2v) is 3.83. The van der Waals surface area contributed by atoms with Crippen molar-refractivity contribution >= 4 is 10.9 Å². The molecule has 0 saturated heterocycles. The summed E-state index contributed by atoms with van der Waals surface area (Å²) >= 11 is 0. The lowest BCUT2D eigenvalue weighted by molar-refractivity contribution is 0.817. The Kier molecular flexibility index (Phi) is 4.41. The van der Waals surface area contributed by atoms with Gasteiger partial charge in [-0.3, -0.25) is 0 Å². The van der Waals surface area contributed by atoms with Crippen LogP contribution in [0.3, 0.4) is 0 Å². The summed E-state index contributed by atoms with van der Waals surface area (Å²) in [6, 6.07) is 8.17. The fourth-order valence-corrected chi connectivity index (χ4v) is 1.66. The predicted molar refractivity (Wildman–Crippen MR) is 69.7 cm³/mol. The monoisotopic (exact) mass is 216 g/mol. The van der Waals surface area contributed by atoms with E-state index in [1.54, 1.807) is 0 Å². The first kappa shape index (κ1) is 12.6. The number of hydrogen-bond acceptors (Lipinski definition) is 2. The van der Waals surface area contributed by atoms with Gasteiger partial charge < -0.3 is 0 Å². The highest BCUT2D eigenvalue weighted by Gasteiger charge is 2.07. The fourth-order valence-electron chi connectivity index (χ4n) is 1.66. The van der Waals surface area contributed by atoms with Crippen molar-refractivity contribution in [2.75, 3.05) is 0 Å². The zero-order valence-corrected chi connectivity index (χ0v) is 10.8. The molecule has 16 heavy (non-hydrogen) atoms. The lowest BCUT2D eigenvalue weighted by Gasteiger charge is -2.09. The Balaban J connectivity index is 0.000000606. The zero-order chi connectivity index (χ0) is 12.1. The smallest absolute Gasteiger partial charge is 0.126 e. The number of fused-ring (bicyclic) bond motifs is 1. The van der Waals surface area contributed by atoms with E-state index in [-0.39, 0.29) is 0 Å². The van der Waals surface area contributed by atoms with Crippen LogP contribution in [-0.2, 0) is 0 Å². The van der Waals surface area contributed by atoms with Crippen molar-refractivity contribution in [1.82, 2.24) is 9.97 Å². The quantitative estimate of drug-likeness (QED) is 0.717. The van der Waals surface area contributed by atoms with Crippen LogP contribution in [0.1, 0.15) is 45.1 Å². The van der Waals surface area contributed by atoms with Gasteiger partial charge in [-0.25, -0.2) is 9.97 Å². The summed E-state index contributed by atoms with van der Waals surface area (Å²) < 4.78 is 0. The molecule has 0 radical (unpaired) electrons. The highest BCUT2D eigenvalue weighted by Crippen LogP contribution is 2.21. The number of nitrogens with zero attached hydrogens (tertiary/aromatic N) is 2. The fraction of sp³-hybridized carbons (Fsp3) is 0.429. The highest BCUT2D eigenvalue weighted by atomic mass is 14.9. The van der Waals surface area contributed by atoms with Crippen LogP contribution >= 0.6 is 0 Å². The van der Waals surface area contributed by atoms with Crippen molar-refractivity contribution in [2.45, 2.75) is 40.5 Å². The van der Waals surface area contributed by atoms with Crippen molar-refractivity contribution in [1.29, 1.82) is 0 Å². The van der Waals surface area contributed by atoms with Gasteiger partial charge in [0.05, 0.1) is 11.2 Å². The first-order valence-electron chi connectivity index (χ1n) is 5.92. The van der Waals surface area contributed by atoms with Gasteiger partial charge >= 0.3 is 0 Å². The topological polar surface area (TPSA) is 25.8 Å². The molecule has 0 aliphatic rings. The largest absolute Gasteiger partial charge is 0.237 e. The molecule has 0 spiro atoms. The van der Waals surface area contributed by atoms with Gasteiger partial charge in [0.1, 0.15) is 5.82 Å². The molecule has 0 aliphatic carbocycles. The molecule has 0 amide bonds. The number of benzene rings is 1. The van der Waals surface area contributed by atoms with E-state index in [9.17, 15) is 0 Å². The van der Waals surface area contributed by atoms with Gasteiger partial charge in [0.25, 0.3) is 0 Å². The molecule has 0 saturated carbocycles. The first-order valence-corrected chi connectivity index (χ1v) is 5.92. The van der Waals surface area contributed by atoms with Crippen LogP contribution < -0.4 is 0 Å². The first-order chi connectivity index (χ1) is 7.68. The number of hydrogen-bond donors (Lipinski definition) is 0. The zero-order valence-electron chi connectivity index (χ0n) is 10.8. The summed E-state index contributed by atoms with van der Waals surface area (Å²) in [5, 5.41) is 1.17. The molecule has 0 fully saturated rings. The predicted octanol–water partition coefficient (Wildman–Crippen LogP) is 4.09. The minimum absolute atomic E-state index is 0.446. The van der Waals surface area contributed by atoms with Crippen molar-refractivity contribution in [3.05, 3.63) is 35.8 Å². The SMILES string of the molecule is CC.Cc1nc(C(C)C)c2ccccc2n1. The van der Waals surface area contributed by atoms with E-state index in [1.165, 1.54) is 5.39 Å². The molecule has 0 unspecified atom stereocenters. The lowest BCUT2D eigenvalue weighted by Crippen LogP contribution is -1.99. The molecule has 0 aliphatic heterocycles. The van der Waals surface area contributed by atoms with Crippen LogP contribution in [0.4, 0.5) is 0 Å². The van der Waals surface area contributed by atoms with E-state index >= 15 is 0 Å². The van der Waals surface area contributed by atoms with Crippen LogP contribution in [0.25, 0.3) is 10.9 Å². The summed E-state index contributed by atoms with van der Waals surface area (Å²) in [5.41, 5.74) is 2.19. The van der Waals surface area contributed by atoms with Gasteiger partial charge in [-0.05, 0) is 18.9 Å². The molecule has 0 bridgehead atoms. The standard InChI is InChI=1S/C12H14N2.C2H6/c1-8(2)12-10-6-4-5-7-11(10)13-9(3)14-12;1-2/h4-8H,1-3H3;1-2H3. The average molecular weight is 216 g/mol. The van der Waals surface area contributed by atoms with Crippen LogP contribution in [-0.4, -0.2) is 9.97 Å². The molecule has 2 heteroatoms. The Morgan fingerprint density at radius 2 is 1.62 bits per heavy atom. The van der Waals surface area contributed by atoms with Crippen LogP contribution in [0.2, 0.25) is 0 Å². The van der Waals surface area contributed by atoms with Gasteiger partial charge in [0.15, 0.2) is 0 Å². The molecule has 2 nitrogen and oxygen atoms in total. The molecule has 1 aromatic carbocycles. The maximum absolute atomic E-state index is 4.49. The Labute approximate surface area is 97.7 Å². The highest BCUT2D eigenvalue weighted by molar-refractivity contribution is 5.81. The maximum Gasteiger partial charge on any atom is 0.126 e. The molecular weight excluding hydrogens is 196 g/mol. The molecule has 1 heterocycles. The van der Waals surface area contributed by atoms with E-state index in [4.69, 9.17) is 0 Å². The summed E-state index contributed by atoms with van der Waals surface area (Å²) in [6.07, 6.45) is 0. The van der Waals surface area contributed by atoms with E-state index in [1.807, 2.05) is 39.0 Å². The van der Waals surface area contributed by atoms with Gasteiger partial charge in [-0.2, -0.15) is 0 Å². The van der Waals surface area contributed by atoms with Gasteiger partial charge in [-0.15, -0.1) is 0 Å². The second kappa shape index (κ2) is 5.59. The lowest BCUT2D eigenvalue weighted by atomic mass is 10.0. The Hall–Kier alpha value is -1.44. The molecular formula is C14H20N2. The second-order valence-electron chi connectivity index (χ2n) is 3.83. The minimum atomic E-state index is 0.446. The summed E-state index contributed by atoms with van der Waals surface area (Å²) in [7, 11) is 0. The summed E-state index contributed by atoms with van der Waals surface area (Å²) in [6.45, 7) is 10.3. The van der Waals surface area contributed by atoms with Crippen LogP contribution in [0, 0.1) is 6.92 Å². The van der Waals surface area contributed by atoms with E-state index in [0.717, 1.165) is 17.0 Å². The molecule has 86 valence electrons. The van der Waals surface area contributed by atoms with Crippen molar-refractivity contribution in [3.63, 3.8) is 0 Å².